The van der Waals surface area contributed by atoms with Crippen LogP contribution in [0.1, 0.15) is 18.6 Å². The van der Waals surface area contributed by atoms with E-state index in [1.807, 2.05) is 0 Å². The summed E-state index contributed by atoms with van der Waals surface area (Å²) in [5.74, 6) is 0.581. The molecule has 0 saturated carbocycles. The molecule has 116 valence electrons. The van der Waals surface area contributed by atoms with Crippen LogP contribution in [0.15, 0.2) is 46.2 Å². The Morgan fingerprint density at radius 1 is 1.32 bits per heavy atom. The molecule has 0 fully saturated rings. The molecule has 2 aromatic rings. The number of carbonyl (C=O) groups excluding carboxylic acids is 1. The van der Waals surface area contributed by atoms with Crippen molar-refractivity contribution in [3.8, 4) is 5.75 Å². The van der Waals surface area contributed by atoms with Gasteiger partial charge in [-0.2, -0.15) is 0 Å². The molecule has 1 aromatic carbocycles. The monoisotopic (exact) mass is 341 g/mol. The van der Waals surface area contributed by atoms with Gasteiger partial charge in [0.15, 0.2) is 0 Å². The van der Waals surface area contributed by atoms with E-state index in [-0.39, 0.29) is 6.42 Å². The van der Waals surface area contributed by atoms with Gasteiger partial charge in [0.1, 0.15) is 17.7 Å². The first-order valence-electron chi connectivity index (χ1n) is 6.50. The van der Waals surface area contributed by atoms with Gasteiger partial charge in [0.2, 0.25) is 0 Å². The van der Waals surface area contributed by atoms with E-state index >= 15 is 0 Å². The Labute approximate surface area is 137 Å². The second-order valence-electron chi connectivity index (χ2n) is 4.24. The fourth-order valence-electron chi connectivity index (χ4n) is 1.54. The minimum absolute atomic E-state index is 0.181. The molecule has 0 N–H and O–H groups in total. The quantitative estimate of drug-likeness (QED) is 0.325. The second-order valence-corrected chi connectivity index (χ2v) is 5.08. The summed E-state index contributed by atoms with van der Waals surface area (Å²) in [6.07, 6.45) is 3.49. The van der Waals surface area contributed by atoms with Crippen LogP contribution in [0, 0.1) is 0 Å². The fraction of sp³-hybridized carbons (Fsp3) is 0.200. The minimum Gasteiger partial charge on any atom is -0.492 e. The fourth-order valence-corrected chi connectivity index (χ4v) is 2.00. The Hall–Kier alpha value is -1.98. The Balaban J connectivity index is 1.64. The number of ether oxygens (including phenoxy) is 1. The molecule has 0 aliphatic rings. The number of oxime groups is 1. The first-order chi connectivity index (χ1) is 10.6. The summed E-state index contributed by atoms with van der Waals surface area (Å²) in [5.41, 5.74) is 0. The normalized spacial score (nSPS) is 10.8. The van der Waals surface area contributed by atoms with Crippen molar-refractivity contribution in [3.63, 3.8) is 0 Å². The number of nitrogens with zero attached hydrogens (tertiary/aromatic N) is 1. The van der Waals surface area contributed by atoms with E-state index < -0.39 is 5.97 Å². The molecule has 1 heterocycles. The number of hydrogen-bond acceptors (Lipinski definition) is 5. The van der Waals surface area contributed by atoms with Crippen molar-refractivity contribution in [2.75, 3.05) is 6.61 Å². The molecule has 0 aliphatic carbocycles. The molecule has 0 spiro atoms. The lowest BCUT2D eigenvalue weighted by Gasteiger charge is -2.07. The zero-order valence-corrected chi connectivity index (χ0v) is 13.0. The third kappa shape index (κ3) is 5.42. The molecule has 0 atom stereocenters. The van der Waals surface area contributed by atoms with E-state index in [2.05, 4.69) is 9.99 Å². The number of furan rings is 1. The molecular formula is C15H13Cl2NO4. The van der Waals surface area contributed by atoms with Crippen LogP contribution in [0.25, 0.3) is 0 Å². The molecule has 5 nitrogen and oxygen atoms in total. The molecular weight excluding hydrogens is 329 g/mol. The van der Waals surface area contributed by atoms with Crippen molar-refractivity contribution in [2.45, 2.75) is 12.8 Å². The summed E-state index contributed by atoms with van der Waals surface area (Å²) in [5, 5.41) is 4.50. The Morgan fingerprint density at radius 3 is 2.91 bits per heavy atom. The molecule has 7 heteroatoms. The predicted octanol–water partition coefficient (Wildman–Crippen LogP) is 4.32. The summed E-state index contributed by atoms with van der Waals surface area (Å²) in [7, 11) is 0. The van der Waals surface area contributed by atoms with Gasteiger partial charge in [-0.25, -0.2) is 4.79 Å². The zero-order valence-electron chi connectivity index (χ0n) is 11.5. The summed E-state index contributed by atoms with van der Waals surface area (Å²) >= 11 is 11.7. The number of benzene rings is 1. The third-order valence-corrected chi connectivity index (χ3v) is 3.08. The van der Waals surface area contributed by atoms with Gasteiger partial charge in [-0.15, -0.1) is 0 Å². The van der Waals surface area contributed by atoms with E-state index in [4.69, 9.17) is 32.4 Å². The molecule has 0 bridgehead atoms. The first kappa shape index (κ1) is 16.4. The standard InChI is InChI=1S/C15H13Cl2NO4/c16-11-5-6-14(13(17)9-11)21-8-2-4-15(19)22-18-10-12-3-1-7-20-12/h1,3,5-7,9-10H,2,4,8H2/b18-10-. The maximum absolute atomic E-state index is 11.4. The van der Waals surface area contributed by atoms with Gasteiger partial charge in [0, 0.05) is 5.02 Å². The lowest BCUT2D eigenvalue weighted by molar-refractivity contribution is -0.143. The van der Waals surface area contributed by atoms with E-state index in [9.17, 15) is 4.79 Å². The highest BCUT2D eigenvalue weighted by atomic mass is 35.5. The van der Waals surface area contributed by atoms with E-state index in [1.165, 1.54) is 12.5 Å². The zero-order chi connectivity index (χ0) is 15.8. The predicted molar refractivity (Wildman–Crippen MR) is 83.6 cm³/mol. The molecule has 0 saturated heterocycles. The lowest BCUT2D eigenvalue weighted by atomic mass is 10.3. The van der Waals surface area contributed by atoms with Gasteiger partial charge >= 0.3 is 5.97 Å². The molecule has 0 unspecified atom stereocenters. The van der Waals surface area contributed by atoms with Crippen LogP contribution in [0.4, 0.5) is 0 Å². The minimum atomic E-state index is -0.450. The van der Waals surface area contributed by atoms with Crippen LogP contribution < -0.4 is 4.74 Å². The second kappa shape index (κ2) is 8.46. The van der Waals surface area contributed by atoms with Crippen molar-refractivity contribution in [3.05, 3.63) is 52.4 Å². The molecule has 22 heavy (non-hydrogen) atoms. The summed E-state index contributed by atoms with van der Waals surface area (Å²) in [4.78, 5) is 16.1. The van der Waals surface area contributed by atoms with Crippen LogP contribution in [-0.4, -0.2) is 18.8 Å². The topological polar surface area (TPSA) is 61.0 Å². The van der Waals surface area contributed by atoms with E-state index in [0.29, 0.717) is 34.6 Å². The molecule has 0 amide bonds. The van der Waals surface area contributed by atoms with Gasteiger partial charge < -0.3 is 14.0 Å². The SMILES string of the molecule is O=C(CCCOc1ccc(Cl)cc1Cl)O/N=C\c1ccco1. The lowest BCUT2D eigenvalue weighted by Crippen LogP contribution is -2.04. The van der Waals surface area contributed by atoms with Crippen molar-refractivity contribution in [1.29, 1.82) is 0 Å². The molecule has 0 aliphatic heterocycles. The van der Waals surface area contributed by atoms with E-state index in [1.54, 1.807) is 30.3 Å². The first-order valence-corrected chi connectivity index (χ1v) is 7.25. The summed E-state index contributed by atoms with van der Waals surface area (Å²) in [6.45, 7) is 0.332. The number of rotatable bonds is 7. The van der Waals surface area contributed by atoms with Gasteiger partial charge in [0.05, 0.1) is 24.3 Å². The third-order valence-electron chi connectivity index (χ3n) is 2.55. The van der Waals surface area contributed by atoms with Crippen LogP contribution in [-0.2, 0) is 9.63 Å². The average molecular weight is 342 g/mol. The van der Waals surface area contributed by atoms with Crippen LogP contribution in [0.5, 0.6) is 5.75 Å². The van der Waals surface area contributed by atoms with Crippen LogP contribution >= 0.6 is 23.2 Å². The average Bonchev–Trinajstić information content (AvgIpc) is 2.99. The van der Waals surface area contributed by atoms with Gasteiger partial charge in [0.25, 0.3) is 0 Å². The number of halogens is 2. The van der Waals surface area contributed by atoms with Crippen molar-refractivity contribution in [1.82, 2.24) is 0 Å². The van der Waals surface area contributed by atoms with Crippen molar-refractivity contribution < 1.29 is 18.8 Å². The van der Waals surface area contributed by atoms with Crippen molar-refractivity contribution >= 4 is 35.4 Å². The molecule has 1 aromatic heterocycles. The van der Waals surface area contributed by atoms with Crippen molar-refractivity contribution in [2.24, 2.45) is 5.16 Å². The van der Waals surface area contributed by atoms with E-state index in [0.717, 1.165) is 0 Å². The van der Waals surface area contributed by atoms with Gasteiger partial charge in [-0.05, 0) is 36.8 Å². The van der Waals surface area contributed by atoms with Crippen LogP contribution in [0.3, 0.4) is 0 Å². The number of carbonyl (C=O) groups is 1. The Bertz CT molecular complexity index is 641. The Kier molecular flexibility index (Phi) is 6.30. The smallest absolute Gasteiger partial charge is 0.335 e. The highest BCUT2D eigenvalue weighted by Gasteiger charge is 2.05. The molecule has 0 radical (unpaired) electrons. The highest BCUT2D eigenvalue weighted by molar-refractivity contribution is 6.35. The van der Waals surface area contributed by atoms with Crippen LogP contribution in [0.2, 0.25) is 10.0 Å². The maximum atomic E-state index is 11.4. The summed E-state index contributed by atoms with van der Waals surface area (Å²) in [6, 6.07) is 8.36. The largest absolute Gasteiger partial charge is 0.492 e. The van der Waals surface area contributed by atoms with Gasteiger partial charge in [-0.3, -0.25) is 0 Å². The maximum Gasteiger partial charge on any atom is 0.335 e. The highest BCUT2D eigenvalue weighted by Crippen LogP contribution is 2.27. The Morgan fingerprint density at radius 2 is 2.18 bits per heavy atom. The van der Waals surface area contributed by atoms with Gasteiger partial charge in [-0.1, -0.05) is 28.4 Å². The number of hydrogen-bond donors (Lipinski definition) is 0. The molecule has 2 rings (SSSR count). The summed E-state index contributed by atoms with van der Waals surface area (Å²) < 4.78 is 10.5.